The van der Waals surface area contributed by atoms with Crippen LogP contribution in [0.1, 0.15) is 28.4 Å². The first-order chi connectivity index (χ1) is 11.5. The largest absolute Gasteiger partial charge is 0.350 e. The number of carbonyl (C=O) groups excluding carboxylic acids is 1. The van der Waals surface area contributed by atoms with Gasteiger partial charge >= 0.3 is 0 Å². The third kappa shape index (κ3) is 2.55. The lowest BCUT2D eigenvalue weighted by molar-refractivity contribution is 0.0923. The van der Waals surface area contributed by atoms with E-state index in [9.17, 15) is 13.6 Å². The highest BCUT2D eigenvalue weighted by atomic mass is 19.1. The zero-order valence-corrected chi connectivity index (χ0v) is 13.1. The van der Waals surface area contributed by atoms with Crippen molar-refractivity contribution >= 4 is 16.8 Å². The number of hydrogen-bond acceptors (Lipinski definition) is 2. The van der Waals surface area contributed by atoms with E-state index in [0.29, 0.717) is 6.54 Å². The molecular weight excluding hydrogens is 314 g/mol. The fourth-order valence-electron chi connectivity index (χ4n) is 3.25. The van der Waals surface area contributed by atoms with Crippen LogP contribution in [0.4, 0.5) is 8.78 Å². The molecule has 4 rings (SSSR count). The Bertz CT molecular complexity index is 944. The van der Waals surface area contributed by atoms with Crippen LogP contribution in [0, 0.1) is 18.6 Å². The number of benzene rings is 1. The van der Waals surface area contributed by atoms with Gasteiger partial charge in [0.2, 0.25) is 0 Å². The Morgan fingerprint density at radius 3 is 3.04 bits per heavy atom. The number of carbonyl (C=O) groups is 1. The lowest BCUT2D eigenvalue weighted by atomic mass is 10.1. The molecule has 2 aromatic heterocycles. The summed E-state index contributed by atoms with van der Waals surface area (Å²) in [5, 5.41) is 3.15. The molecule has 0 bridgehead atoms. The molecule has 5 nitrogen and oxygen atoms in total. The van der Waals surface area contributed by atoms with Crippen molar-refractivity contribution in [3.05, 3.63) is 53.2 Å². The normalized spacial score (nSPS) is 17.0. The number of nitrogens with zero attached hydrogens (tertiary/aromatic N) is 2. The number of fused-ring (bicyclic) bond motifs is 2. The van der Waals surface area contributed by atoms with Crippen LogP contribution in [-0.2, 0) is 13.0 Å². The minimum atomic E-state index is -0.684. The molecule has 7 heteroatoms. The lowest BCUT2D eigenvalue weighted by Gasteiger charge is -2.24. The molecule has 1 amide bonds. The molecule has 0 radical (unpaired) electrons. The average Bonchev–Trinajstić information content (AvgIpc) is 3.09. The average molecular weight is 330 g/mol. The van der Waals surface area contributed by atoms with Gasteiger partial charge in [-0.05, 0) is 25.5 Å². The summed E-state index contributed by atoms with van der Waals surface area (Å²) < 4.78 is 29.0. The summed E-state index contributed by atoms with van der Waals surface area (Å²) in [5.41, 5.74) is 1.46. The zero-order chi connectivity index (χ0) is 16.8. The Hall–Kier alpha value is -2.70. The van der Waals surface area contributed by atoms with Crippen LogP contribution in [0.15, 0.2) is 24.4 Å². The van der Waals surface area contributed by atoms with Gasteiger partial charge in [0.15, 0.2) is 0 Å². The Labute approximate surface area is 136 Å². The summed E-state index contributed by atoms with van der Waals surface area (Å²) in [7, 11) is 0. The molecule has 1 aliphatic rings. The number of halogens is 2. The smallest absolute Gasteiger partial charge is 0.268 e. The predicted octanol–water partition coefficient (Wildman–Crippen LogP) is 2.70. The number of aromatic nitrogens is 3. The zero-order valence-electron chi connectivity index (χ0n) is 13.1. The van der Waals surface area contributed by atoms with E-state index in [4.69, 9.17) is 0 Å². The number of rotatable bonds is 2. The van der Waals surface area contributed by atoms with Gasteiger partial charge in [0.25, 0.3) is 5.91 Å². The summed E-state index contributed by atoms with van der Waals surface area (Å²) in [6, 6.07) is 3.37. The van der Waals surface area contributed by atoms with Gasteiger partial charge in [-0.3, -0.25) is 4.79 Å². The van der Waals surface area contributed by atoms with Crippen LogP contribution in [0.3, 0.4) is 0 Å². The first-order valence-corrected chi connectivity index (χ1v) is 7.81. The van der Waals surface area contributed by atoms with Gasteiger partial charge in [-0.25, -0.2) is 13.8 Å². The number of nitrogens with one attached hydrogen (secondary N) is 2. The highest BCUT2D eigenvalue weighted by molar-refractivity contribution is 5.98. The van der Waals surface area contributed by atoms with E-state index in [-0.39, 0.29) is 28.5 Å². The van der Waals surface area contributed by atoms with E-state index in [1.54, 1.807) is 0 Å². The Balaban J connectivity index is 1.53. The molecule has 0 spiro atoms. The van der Waals surface area contributed by atoms with E-state index in [1.807, 2.05) is 17.7 Å². The van der Waals surface area contributed by atoms with Crippen molar-refractivity contribution in [3.8, 4) is 0 Å². The van der Waals surface area contributed by atoms with E-state index in [2.05, 4.69) is 15.3 Å². The van der Waals surface area contributed by atoms with Crippen molar-refractivity contribution in [1.82, 2.24) is 19.9 Å². The highest BCUT2D eigenvalue weighted by Gasteiger charge is 2.22. The second-order valence-corrected chi connectivity index (χ2v) is 6.19. The topological polar surface area (TPSA) is 62.7 Å². The fourth-order valence-corrected chi connectivity index (χ4v) is 3.25. The minimum Gasteiger partial charge on any atom is -0.350 e. The van der Waals surface area contributed by atoms with Crippen molar-refractivity contribution in [2.75, 3.05) is 0 Å². The Kier molecular flexibility index (Phi) is 3.37. The fraction of sp³-hybridized carbons (Fsp3) is 0.294. The molecule has 3 heterocycles. The third-order valence-corrected chi connectivity index (χ3v) is 4.35. The second-order valence-electron chi connectivity index (χ2n) is 6.19. The summed E-state index contributed by atoms with van der Waals surface area (Å²) in [6.07, 6.45) is 3.56. The number of H-pyrrole nitrogens is 1. The molecule has 1 atom stereocenters. The molecule has 124 valence electrons. The molecule has 1 aromatic carbocycles. The molecule has 3 aromatic rings. The maximum absolute atomic E-state index is 13.7. The van der Waals surface area contributed by atoms with E-state index in [0.717, 1.165) is 30.4 Å². The molecule has 2 N–H and O–H groups in total. The third-order valence-electron chi connectivity index (χ3n) is 4.35. The van der Waals surface area contributed by atoms with Crippen molar-refractivity contribution in [3.63, 3.8) is 0 Å². The second kappa shape index (κ2) is 5.43. The summed E-state index contributed by atoms with van der Waals surface area (Å²) in [6.45, 7) is 2.60. The van der Waals surface area contributed by atoms with Gasteiger partial charge in [0.05, 0.1) is 11.2 Å². The highest BCUT2D eigenvalue weighted by Crippen LogP contribution is 2.21. The molecule has 1 aliphatic heterocycles. The summed E-state index contributed by atoms with van der Waals surface area (Å²) >= 11 is 0. The van der Waals surface area contributed by atoms with Crippen LogP contribution in [-0.4, -0.2) is 26.5 Å². The van der Waals surface area contributed by atoms with Crippen LogP contribution in [0.2, 0.25) is 0 Å². The van der Waals surface area contributed by atoms with Gasteiger partial charge in [0, 0.05) is 36.7 Å². The summed E-state index contributed by atoms with van der Waals surface area (Å²) in [4.78, 5) is 19.6. The summed E-state index contributed by atoms with van der Waals surface area (Å²) in [5.74, 6) is -0.655. The standard InChI is InChI=1S/C17H16F2N4O/c1-9-7-23-8-11(2-3-16(23)20-9)21-17(24)15-6-12-13(19)4-10(18)5-14(12)22-15/h4-7,11,22H,2-3,8H2,1H3,(H,21,24). The number of aryl methyl sites for hydroxylation is 2. The predicted molar refractivity (Wildman–Crippen MR) is 84.8 cm³/mol. The van der Waals surface area contributed by atoms with Crippen molar-refractivity contribution in [2.24, 2.45) is 0 Å². The minimum absolute atomic E-state index is 0.0217. The number of hydrogen-bond donors (Lipinski definition) is 2. The molecule has 0 fully saturated rings. The monoisotopic (exact) mass is 330 g/mol. The Morgan fingerprint density at radius 2 is 2.21 bits per heavy atom. The van der Waals surface area contributed by atoms with Crippen LogP contribution in [0.5, 0.6) is 0 Å². The number of imidazole rings is 1. The van der Waals surface area contributed by atoms with E-state index >= 15 is 0 Å². The van der Waals surface area contributed by atoms with Gasteiger partial charge in [0.1, 0.15) is 23.2 Å². The van der Waals surface area contributed by atoms with Gasteiger partial charge < -0.3 is 14.9 Å². The van der Waals surface area contributed by atoms with Crippen LogP contribution >= 0.6 is 0 Å². The number of aromatic amines is 1. The Morgan fingerprint density at radius 1 is 1.38 bits per heavy atom. The van der Waals surface area contributed by atoms with Gasteiger partial charge in [-0.1, -0.05) is 0 Å². The maximum Gasteiger partial charge on any atom is 0.268 e. The first kappa shape index (κ1) is 14.9. The SMILES string of the molecule is Cc1cn2c(n1)CCC(NC(=O)c1cc3c(F)cc(F)cc3[nH]1)C2. The lowest BCUT2D eigenvalue weighted by Crippen LogP contribution is -2.41. The molecule has 0 saturated heterocycles. The van der Waals surface area contributed by atoms with Crippen molar-refractivity contribution in [2.45, 2.75) is 32.4 Å². The van der Waals surface area contributed by atoms with Gasteiger partial charge in [-0.2, -0.15) is 0 Å². The van der Waals surface area contributed by atoms with Crippen LogP contribution in [0.25, 0.3) is 10.9 Å². The molecule has 0 aliphatic carbocycles. The first-order valence-electron chi connectivity index (χ1n) is 7.81. The molecular formula is C17H16F2N4O. The molecule has 1 unspecified atom stereocenters. The van der Waals surface area contributed by atoms with Crippen LogP contribution < -0.4 is 5.32 Å². The van der Waals surface area contributed by atoms with Crippen molar-refractivity contribution in [1.29, 1.82) is 0 Å². The van der Waals surface area contributed by atoms with Gasteiger partial charge in [-0.15, -0.1) is 0 Å². The maximum atomic E-state index is 13.7. The van der Waals surface area contributed by atoms with E-state index < -0.39 is 11.6 Å². The molecule has 24 heavy (non-hydrogen) atoms. The molecule has 0 saturated carbocycles. The quantitative estimate of drug-likeness (QED) is 0.759. The number of amides is 1. The van der Waals surface area contributed by atoms with E-state index in [1.165, 1.54) is 12.1 Å². The van der Waals surface area contributed by atoms with Crippen molar-refractivity contribution < 1.29 is 13.6 Å².